The van der Waals surface area contributed by atoms with Gasteiger partial charge < -0.3 is 4.42 Å². The molecule has 3 heteroatoms. The van der Waals surface area contributed by atoms with Crippen LogP contribution in [0.15, 0.2) is 65.2 Å². The molecular formula is C25H23N2O+. The summed E-state index contributed by atoms with van der Waals surface area (Å²) < 4.78 is 16.9. The lowest BCUT2D eigenvalue weighted by molar-refractivity contribution is -0.660. The second-order valence-corrected chi connectivity index (χ2v) is 7.68. The number of hydrogen-bond acceptors (Lipinski definition) is 2. The smallest absolute Gasteiger partial charge is 0.227 e. The first-order chi connectivity index (χ1) is 13.8. The van der Waals surface area contributed by atoms with E-state index in [9.17, 15) is 0 Å². The maximum Gasteiger partial charge on any atom is 0.227 e. The molecule has 0 spiro atoms. The molecule has 0 N–H and O–H groups in total. The first kappa shape index (κ1) is 15.8. The number of aromatic nitrogens is 2. The number of nitrogens with zero attached hydrogens (tertiary/aromatic N) is 2. The van der Waals surface area contributed by atoms with Gasteiger partial charge in [-0.15, -0.1) is 0 Å². The Balaban J connectivity index is 1.87. The number of rotatable bonds is 2. The number of pyridine rings is 2. The SMILES string of the molecule is [2H]C(C)(C)c1cc[n+](C)c(-c2c(C)ccc3c2oc2nc4ccccc4cc23)c1. The third-order valence-electron chi connectivity index (χ3n) is 5.53. The summed E-state index contributed by atoms with van der Waals surface area (Å²) in [5.74, 6) is -0.669. The molecule has 0 bridgehead atoms. The lowest BCUT2D eigenvalue weighted by atomic mass is 9.97. The van der Waals surface area contributed by atoms with Gasteiger partial charge in [-0.05, 0) is 36.1 Å². The van der Waals surface area contributed by atoms with Crippen molar-refractivity contribution >= 4 is 33.0 Å². The van der Waals surface area contributed by atoms with Crippen LogP contribution >= 0.6 is 0 Å². The molecular weight excluding hydrogens is 344 g/mol. The van der Waals surface area contributed by atoms with Crippen molar-refractivity contribution < 1.29 is 10.4 Å². The van der Waals surface area contributed by atoms with E-state index in [2.05, 4.69) is 41.8 Å². The van der Waals surface area contributed by atoms with Crippen molar-refractivity contribution in [3.63, 3.8) is 0 Å². The van der Waals surface area contributed by atoms with Crippen molar-refractivity contribution in [1.82, 2.24) is 4.98 Å². The molecule has 0 saturated carbocycles. The van der Waals surface area contributed by atoms with Crippen LogP contribution in [0, 0.1) is 6.92 Å². The average molecular weight is 368 g/mol. The highest BCUT2D eigenvalue weighted by Gasteiger charge is 2.22. The predicted octanol–water partition coefficient (Wildman–Crippen LogP) is 6.06. The van der Waals surface area contributed by atoms with Crippen molar-refractivity contribution in [2.24, 2.45) is 7.05 Å². The van der Waals surface area contributed by atoms with Gasteiger partial charge in [0, 0.05) is 29.7 Å². The number of benzene rings is 2. The summed E-state index contributed by atoms with van der Waals surface area (Å²) in [6.45, 7) is 5.93. The minimum Gasteiger partial charge on any atom is -0.437 e. The molecule has 0 aliphatic heterocycles. The molecule has 28 heavy (non-hydrogen) atoms. The largest absolute Gasteiger partial charge is 0.437 e. The standard InChI is InChI=1S/C25H23N2O/c1-15(2)17-11-12-27(4)22(14-17)23-16(3)9-10-19-20-13-18-7-5-6-8-21(18)26-25(20)28-24(19)23/h5-15H,1-4H3/q+1/i15D. The molecule has 0 aliphatic carbocycles. The highest BCUT2D eigenvalue weighted by atomic mass is 16.3. The molecule has 3 heterocycles. The minimum atomic E-state index is -0.669. The fourth-order valence-electron chi connectivity index (χ4n) is 3.91. The van der Waals surface area contributed by atoms with E-state index in [0.29, 0.717) is 5.71 Å². The summed E-state index contributed by atoms with van der Waals surface area (Å²) in [5, 5.41) is 3.20. The molecule has 5 aromatic rings. The fourth-order valence-corrected chi connectivity index (χ4v) is 3.91. The van der Waals surface area contributed by atoms with Crippen molar-refractivity contribution in [2.45, 2.75) is 26.7 Å². The third-order valence-corrected chi connectivity index (χ3v) is 5.53. The molecule has 0 radical (unpaired) electrons. The average Bonchev–Trinajstić information content (AvgIpc) is 3.03. The zero-order chi connectivity index (χ0) is 20.3. The lowest BCUT2D eigenvalue weighted by Crippen LogP contribution is -2.31. The molecule has 0 saturated heterocycles. The van der Waals surface area contributed by atoms with E-state index >= 15 is 0 Å². The Hall–Kier alpha value is -3.20. The Morgan fingerprint density at radius 3 is 2.68 bits per heavy atom. The summed E-state index contributed by atoms with van der Waals surface area (Å²) in [4.78, 5) is 4.76. The van der Waals surface area contributed by atoms with E-state index in [1.165, 1.54) is 0 Å². The summed E-state index contributed by atoms with van der Waals surface area (Å²) in [6, 6.07) is 18.6. The number of fused-ring (bicyclic) bond motifs is 4. The second-order valence-electron chi connectivity index (χ2n) is 7.68. The zero-order valence-corrected chi connectivity index (χ0v) is 16.6. The minimum absolute atomic E-state index is 0.658. The Bertz CT molecular complexity index is 1410. The molecule has 0 amide bonds. The highest BCUT2D eigenvalue weighted by molar-refractivity contribution is 6.11. The summed E-state index contributed by atoms with van der Waals surface area (Å²) in [7, 11) is 2.03. The van der Waals surface area contributed by atoms with Crippen LogP contribution in [0.4, 0.5) is 0 Å². The highest BCUT2D eigenvalue weighted by Crippen LogP contribution is 2.37. The van der Waals surface area contributed by atoms with E-state index in [1.54, 1.807) is 0 Å². The van der Waals surface area contributed by atoms with E-state index in [1.807, 2.05) is 51.4 Å². The molecule has 5 rings (SSSR count). The fraction of sp³-hybridized carbons (Fsp3) is 0.200. The van der Waals surface area contributed by atoms with Crippen LogP contribution in [0.5, 0.6) is 0 Å². The van der Waals surface area contributed by atoms with Gasteiger partial charge in [0.2, 0.25) is 11.4 Å². The van der Waals surface area contributed by atoms with Crippen LogP contribution in [-0.4, -0.2) is 4.98 Å². The Morgan fingerprint density at radius 1 is 1.04 bits per heavy atom. The topological polar surface area (TPSA) is 29.9 Å². The van der Waals surface area contributed by atoms with Gasteiger partial charge in [-0.25, -0.2) is 9.55 Å². The van der Waals surface area contributed by atoms with Crippen LogP contribution in [0.1, 0.15) is 32.2 Å². The van der Waals surface area contributed by atoms with Crippen molar-refractivity contribution in [3.05, 3.63) is 71.9 Å². The van der Waals surface area contributed by atoms with Gasteiger partial charge in [0.15, 0.2) is 11.8 Å². The second kappa shape index (κ2) is 6.16. The van der Waals surface area contributed by atoms with Crippen LogP contribution in [0.25, 0.3) is 44.2 Å². The first-order valence-corrected chi connectivity index (χ1v) is 9.55. The van der Waals surface area contributed by atoms with Crippen LogP contribution < -0.4 is 4.57 Å². The predicted molar refractivity (Wildman–Crippen MR) is 114 cm³/mol. The maximum absolute atomic E-state index is 8.45. The molecule has 0 fully saturated rings. The number of para-hydroxylation sites is 1. The molecule has 3 nitrogen and oxygen atoms in total. The number of hydrogen-bond donors (Lipinski definition) is 0. The Kier molecular flexibility index (Phi) is 3.48. The quantitative estimate of drug-likeness (QED) is 0.355. The van der Waals surface area contributed by atoms with Gasteiger partial charge >= 0.3 is 0 Å². The maximum atomic E-state index is 8.45. The van der Waals surface area contributed by atoms with Crippen molar-refractivity contribution in [3.8, 4) is 11.3 Å². The van der Waals surface area contributed by atoms with Gasteiger partial charge in [-0.1, -0.05) is 44.2 Å². The van der Waals surface area contributed by atoms with Gasteiger partial charge in [0.1, 0.15) is 7.05 Å². The zero-order valence-electron chi connectivity index (χ0n) is 17.6. The van der Waals surface area contributed by atoms with Gasteiger partial charge in [0.25, 0.3) is 0 Å². The third kappa shape index (κ3) is 2.50. The normalized spacial score (nSPS) is 12.8. The van der Waals surface area contributed by atoms with E-state index in [-0.39, 0.29) is 0 Å². The van der Waals surface area contributed by atoms with E-state index < -0.39 is 5.89 Å². The van der Waals surface area contributed by atoms with Gasteiger partial charge in [0.05, 0.1) is 11.1 Å². The monoisotopic (exact) mass is 368 g/mol. The molecule has 138 valence electrons. The Morgan fingerprint density at radius 2 is 1.86 bits per heavy atom. The van der Waals surface area contributed by atoms with Crippen LogP contribution in [0.2, 0.25) is 0 Å². The summed E-state index contributed by atoms with van der Waals surface area (Å²) in [6.07, 6.45) is 2.02. The molecule has 0 unspecified atom stereocenters. The molecule has 3 aromatic heterocycles. The van der Waals surface area contributed by atoms with Gasteiger partial charge in [-0.2, -0.15) is 0 Å². The lowest BCUT2D eigenvalue weighted by Gasteiger charge is -2.09. The van der Waals surface area contributed by atoms with Crippen LogP contribution in [0.3, 0.4) is 0 Å². The molecule has 2 aromatic carbocycles. The molecule has 0 atom stereocenters. The van der Waals surface area contributed by atoms with Gasteiger partial charge in [-0.3, -0.25) is 0 Å². The van der Waals surface area contributed by atoms with Crippen molar-refractivity contribution in [2.75, 3.05) is 0 Å². The summed E-state index contributed by atoms with van der Waals surface area (Å²) >= 11 is 0. The number of aryl methyl sites for hydroxylation is 2. The van der Waals surface area contributed by atoms with E-state index in [4.69, 9.17) is 10.8 Å². The molecule has 0 aliphatic rings. The number of furan rings is 1. The summed E-state index contributed by atoms with van der Waals surface area (Å²) in [5.41, 5.74) is 6.63. The Labute approximate surface area is 165 Å². The first-order valence-electron chi connectivity index (χ1n) is 10.0. The van der Waals surface area contributed by atoms with Crippen molar-refractivity contribution in [1.29, 1.82) is 0 Å². The van der Waals surface area contributed by atoms with E-state index in [0.717, 1.165) is 49.6 Å². The van der Waals surface area contributed by atoms with Crippen LogP contribution in [-0.2, 0) is 7.05 Å².